The van der Waals surface area contributed by atoms with Crippen LogP contribution in [0.4, 0.5) is 10.1 Å². The molecule has 1 atom stereocenters. The molecular weight excluding hydrogens is 273 g/mol. The Hall–Kier alpha value is -0.890. The molecule has 0 aliphatic carbocycles. The van der Waals surface area contributed by atoms with Crippen LogP contribution in [0, 0.1) is 5.82 Å². The first-order valence-corrected chi connectivity index (χ1v) is 6.57. The van der Waals surface area contributed by atoms with Gasteiger partial charge in [0.05, 0.1) is 22.6 Å². The summed E-state index contributed by atoms with van der Waals surface area (Å²) in [5, 5.41) is 11.6. The Balaban J connectivity index is 2.92. The molecule has 5 nitrogen and oxygen atoms in total. The third-order valence-electron chi connectivity index (χ3n) is 1.94. The quantitative estimate of drug-likeness (QED) is 0.556. The number of benzene rings is 1. The summed E-state index contributed by atoms with van der Waals surface area (Å²) >= 11 is 5.34. The molecule has 1 aromatic carbocycles. The van der Waals surface area contributed by atoms with Gasteiger partial charge in [0.1, 0.15) is 5.82 Å². The maximum absolute atomic E-state index is 13.3. The molecule has 3 N–H and O–H groups in total. The first-order valence-electron chi connectivity index (χ1n) is 4.59. The largest absolute Gasteiger partial charge is 0.390 e. The van der Waals surface area contributed by atoms with Gasteiger partial charge in [0, 0.05) is 6.54 Å². The van der Waals surface area contributed by atoms with E-state index in [1.807, 2.05) is 0 Å². The molecule has 0 heterocycles. The van der Waals surface area contributed by atoms with E-state index in [0.29, 0.717) is 0 Å². The van der Waals surface area contributed by atoms with E-state index in [-0.39, 0.29) is 18.1 Å². The van der Waals surface area contributed by atoms with Gasteiger partial charge in [-0.15, -0.1) is 11.6 Å². The highest BCUT2D eigenvalue weighted by Crippen LogP contribution is 2.19. The Labute approximate surface area is 103 Å². The van der Waals surface area contributed by atoms with E-state index in [1.165, 1.54) is 0 Å². The van der Waals surface area contributed by atoms with Crippen molar-refractivity contribution in [1.82, 2.24) is 0 Å². The molecule has 0 bridgehead atoms. The second-order valence-corrected chi connectivity index (χ2v) is 5.04. The molecule has 1 unspecified atom stereocenters. The first-order chi connectivity index (χ1) is 7.84. The molecule has 96 valence electrons. The summed E-state index contributed by atoms with van der Waals surface area (Å²) in [5.41, 5.74) is -0.135. The molecule has 0 amide bonds. The molecule has 0 aliphatic heterocycles. The van der Waals surface area contributed by atoms with Crippen LogP contribution in [0.15, 0.2) is 23.1 Å². The average molecular weight is 284 g/mol. The van der Waals surface area contributed by atoms with E-state index in [0.717, 1.165) is 18.2 Å². The normalized spacial score (nSPS) is 13.4. The topological polar surface area (TPSA) is 86.6 Å². The van der Waals surface area contributed by atoms with Crippen molar-refractivity contribution in [2.24, 2.45) is 0 Å². The predicted octanol–water partition coefficient (Wildman–Crippen LogP) is 1.08. The second-order valence-electron chi connectivity index (χ2n) is 3.31. The average Bonchev–Trinajstić information content (AvgIpc) is 2.26. The minimum absolute atomic E-state index is 0.0324. The molecule has 17 heavy (non-hydrogen) atoms. The fourth-order valence-electron chi connectivity index (χ4n) is 1.08. The van der Waals surface area contributed by atoms with Gasteiger partial charge >= 0.3 is 0 Å². The van der Waals surface area contributed by atoms with Crippen LogP contribution in [-0.4, -0.2) is 36.6 Å². The van der Waals surface area contributed by atoms with Crippen molar-refractivity contribution in [2.75, 3.05) is 17.7 Å². The summed E-state index contributed by atoms with van der Waals surface area (Å²) in [5.74, 6) is -0.730. The molecule has 0 aliphatic rings. The maximum atomic E-state index is 13.3. The van der Waals surface area contributed by atoms with Crippen molar-refractivity contribution in [3.63, 3.8) is 0 Å². The Morgan fingerprint density at radius 1 is 1.47 bits per heavy atom. The van der Waals surface area contributed by atoms with E-state index >= 15 is 0 Å². The monoisotopic (exact) mass is 283 g/mol. The van der Waals surface area contributed by atoms with Gasteiger partial charge in [-0.1, -0.05) is 0 Å². The minimum Gasteiger partial charge on any atom is -0.390 e. The molecule has 0 saturated carbocycles. The highest BCUT2D eigenvalue weighted by atomic mass is 35.5. The lowest BCUT2D eigenvalue weighted by atomic mass is 10.3. The Bertz CT molecular complexity index is 494. The third kappa shape index (κ3) is 4.12. The van der Waals surface area contributed by atoms with Crippen LogP contribution >= 0.6 is 11.6 Å². The molecule has 0 aromatic heterocycles. The van der Waals surface area contributed by atoms with Crippen molar-refractivity contribution >= 4 is 27.4 Å². The van der Waals surface area contributed by atoms with Gasteiger partial charge in [-0.2, -0.15) is 8.42 Å². The van der Waals surface area contributed by atoms with E-state index in [2.05, 4.69) is 5.32 Å². The lowest BCUT2D eigenvalue weighted by Gasteiger charge is -2.11. The third-order valence-corrected chi connectivity index (χ3v) is 3.15. The number of hydrogen-bond donors (Lipinski definition) is 3. The van der Waals surface area contributed by atoms with Gasteiger partial charge in [0.2, 0.25) is 0 Å². The summed E-state index contributed by atoms with van der Waals surface area (Å²) in [4.78, 5) is -0.429. The minimum atomic E-state index is -4.38. The van der Waals surface area contributed by atoms with Crippen LogP contribution in [-0.2, 0) is 10.1 Å². The number of halogens is 2. The maximum Gasteiger partial charge on any atom is 0.294 e. The Morgan fingerprint density at radius 2 is 2.12 bits per heavy atom. The zero-order valence-electron chi connectivity index (χ0n) is 8.60. The summed E-state index contributed by atoms with van der Waals surface area (Å²) < 4.78 is 43.7. The number of rotatable bonds is 5. The summed E-state index contributed by atoms with van der Waals surface area (Å²) in [6, 6.07) is 2.78. The Morgan fingerprint density at radius 3 is 2.65 bits per heavy atom. The zero-order valence-corrected chi connectivity index (χ0v) is 10.2. The van der Waals surface area contributed by atoms with Crippen LogP contribution < -0.4 is 5.32 Å². The number of hydrogen-bond acceptors (Lipinski definition) is 4. The van der Waals surface area contributed by atoms with Crippen LogP contribution in [0.2, 0.25) is 0 Å². The highest BCUT2D eigenvalue weighted by molar-refractivity contribution is 7.85. The van der Waals surface area contributed by atoms with Crippen LogP contribution in [0.3, 0.4) is 0 Å². The number of aliphatic hydroxyl groups excluding tert-OH is 1. The molecule has 8 heteroatoms. The molecule has 0 fully saturated rings. The van der Waals surface area contributed by atoms with E-state index in [4.69, 9.17) is 21.3 Å². The first kappa shape index (κ1) is 14.2. The zero-order chi connectivity index (χ0) is 13.1. The molecule has 0 saturated heterocycles. The van der Waals surface area contributed by atoms with Crippen LogP contribution in [0.25, 0.3) is 0 Å². The molecular formula is C9H11ClFNO4S. The van der Waals surface area contributed by atoms with Gasteiger partial charge in [-0.05, 0) is 18.2 Å². The molecule has 1 rings (SSSR count). The number of alkyl halides is 1. The van der Waals surface area contributed by atoms with Crippen molar-refractivity contribution in [1.29, 1.82) is 0 Å². The lowest BCUT2D eigenvalue weighted by Crippen LogP contribution is -2.21. The van der Waals surface area contributed by atoms with E-state index < -0.39 is 26.9 Å². The van der Waals surface area contributed by atoms with Crippen molar-refractivity contribution in [2.45, 2.75) is 11.0 Å². The van der Waals surface area contributed by atoms with Crippen molar-refractivity contribution in [3.05, 3.63) is 24.0 Å². The fraction of sp³-hybridized carbons (Fsp3) is 0.333. The highest BCUT2D eigenvalue weighted by Gasteiger charge is 2.13. The molecule has 0 spiro atoms. The van der Waals surface area contributed by atoms with Gasteiger partial charge < -0.3 is 10.4 Å². The number of anilines is 1. The fourth-order valence-corrected chi connectivity index (χ4v) is 1.70. The summed E-state index contributed by atoms with van der Waals surface area (Å²) in [6.45, 7) is -0.0324. The SMILES string of the molecule is O=S(=O)(O)c1ccc(F)c(NCC(O)CCl)c1. The smallest absolute Gasteiger partial charge is 0.294 e. The second kappa shape index (κ2) is 5.63. The molecule has 1 aromatic rings. The van der Waals surface area contributed by atoms with Crippen molar-refractivity contribution in [3.8, 4) is 0 Å². The van der Waals surface area contributed by atoms with E-state index in [9.17, 15) is 12.8 Å². The van der Waals surface area contributed by atoms with E-state index in [1.54, 1.807) is 0 Å². The van der Waals surface area contributed by atoms with Crippen molar-refractivity contribution < 1.29 is 22.5 Å². The number of aliphatic hydroxyl groups is 1. The van der Waals surface area contributed by atoms with Gasteiger partial charge in [-0.3, -0.25) is 4.55 Å². The molecule has 0 radical (unpaired) electrons. The Kier molecular flexibility index (Phi) is 4.70. The predicted molar refractivity (Wildman–Crippen MR) is 61.4 cm³/mol. The summed E-state index contributed by atoms with van der Waals surface area (Å²) in [6.07, 6.45) is -0.884. The van der Waals surface area contributed by atoms with Gasteiger partial charge in [0.25, 0.3) is 10.1 Å². The van der Waals surface area contributed by atoms with Gasteiger partial charge in [-0.25, -0.2) is 4.39 Å². The van der Waals surface area contributed by atoms with Crippen LogP contribution in [0.5, 0.6) is 0 Å². The van der Waals surface area contributed by atoms with Crippen LogP contribution in [0.1, 0.15) is 0 Å². The standard InChI is InChI=1S/C9H11ClFNO4S/c10-4-6(13)5-12-9-3-7(17(14,15)16)1-2-8(9)11/h1-3,6,12-13H,4-5H2,(H,14,15,16). The lowest BCUT2D eigenvalue weighted by molar-refractivity contribution is 0.211. The van der Waals surface area contributed by atoms with Gasteiger partial charge in [0.15, 0.2) is 0 Å². The summed E-state index contributed by atoms with van der Waals surface area (Å²) in [7, 11) is -4.38. The number of nitrogens with one attached hydrogen (secondary N) is 1.